The van der Waals surface area contributed by atoms with E-state index >= 15 is 0 Å². The zero-order valence-corrected chi connectivity index (χ0v) is 20.2. The third kappa shape index (κ3) is 6.41. The summed E-state index contributed by atoms with van der Waals surface area (Å²) in [7, 11) is 0. The summed E-state index contributed by atoms with van der Waals surface area (Å²) >= 11 is 0. The third-order valence-electron chi connectivity index (χ3n) is 8.19. The molecule has 3 rings (SSSR count). The van der Waals surface area contributed by atoms with Gasteiger partial charge < -0.3 is 10.0 Å². The molecule has 3 fully saturated rings. The minimum Gasteiger partial charge on any atom is -0.390 e. The Morgan fingerprint density at radius 2 is 1.45 bits per heavy atom. The summed E-state index contributed by atoms with van der Waals surface area (Å²) in [5, 5.41) is 10.6. The Hall–Kier alpha value is -0.160. The molecule has 3 aliphatic rings. The van der Waals surface area contributed by atoms with Crippen LogP contribution in [0, 0.1) is 11.8 Å². The quantitative estimate of drug-likeness (QED) is 0.714. The van der Waals surface area contributed by atoms with Gasteiger partial charge in [0.1, 0.15) is 0 Å². The predicted molar refractivity (Wildman–Crippen MR) is 123 cm³/mol. The number of piperazine rings is 1. The van der Waals surface area contributed by atoms with Crippen molar-refractivity contribution in [2.24, 2.45) is 11.8 Å². The smallest absolute Gasteiger partial charge is 0.0607 e. The van der Waals surface area contributed by atoms with Crippen molar-refractivity contribution in [1.29, 1.82) is 0 Å². The zero-order chi connectivity index (χ0) is 21.2. The standard InChI is InChI=1S/C25H49N3O/c1-19(2)21-7-9-23(10-8-21)28-16-15-27(18-24(28)17-25(5,6)29)22-11-13-26(14-12-22)20(3)4/h19-24,29H,7-18H2,1-6H3/t21?,23?,24-/m0/s1. The third-order valence-corrected chi connectivity index (χ3v) is 8.19. The van der Waals surface area contributed by atoms with E-state index in [1.54, 1.807) is 0 Å². The Kier molecular flexibility index (Phi) is 8.08. The Morgan fingerprint density at radius 3 is 1.97 bits per heavy atom. The largest absolute Gasteiger partial charge is 0.390 e. The van der Waals surface area contributed by atoms with Crippen LogP contribution in [0.15, 0.2) is 0 Å². The van der Waals surface area contributed by atoms with E-state index in [1.807, 2.05) is 13.8 Å². The predicted octanol–water partition coefficient (Wildman–Crippen LogP) is 4.22. The summed E-state index contributed by atoms with van der Waals surface area (Å²) < 4.78 is 0. The first-order valence-corrected chi connectivity index (χ1v) is 12.6. The Bertz CT molecular complexity index is 485. The maximum atomic E-state index is 10.6. The van der Waals surface area contributed by atoms with Crippen molar-refractivity contribution in [3.05, 3.63) is 0 Å². The molecule has 1 N–H and O–H groups in total. The van der Waals surface area contributed by atoms with Gasteiger partial charge in [-0.1, -0.05) is 13.8 Å². The van der Waals surface area contributed by atoms with Crippen molar-refractivity contribution < 1.29 is 5.11 Å². The molecule has 170 valence electrons. The summed E-state index contributed by atoms with van der Waals surface area (Å²) in [6.07, 6.45) is 9.03. The lowest BCUT2D eigenvalue weighted by Crippen LogP contribution is -2.61. The van der Waals surface area contributed by atoms with E-state index in [2.05, 4.69) is 42.4 Å². The fraction of sp³-hybridized carbons (Fsp3) is 1.00. The fourth-order valence-corrected chi connectivity index (χ4v) is 6.33. The van der Waals surface area contributed by atoms with E-state index in [9.17, 15) is 5.11 Å². The average molecular weight is 408 g/mol. The van der Waals surface area contributed by atoms with E-state index in [4.69, 9.17) is 0 Å². The van der Waals surface area contributed by atoms with Crippen molar-refractivity contribution in [3.63, 3.8) is 0 Å². The summed E-state index contributed by atoms with van der Waals surface area (Å²) in [4.78, 5) is 8.23. The van der Waals surface area contributed by atoms with Crippen molar-refractivity contribution in [2.75, 3.05) is 32.7 Å². The molecule has 4 nitrogen and oxygen atoms in total. The van der Waals surface area contributed by atoms with Crippen LogP contribution in [0.25, 0.3) is 0 Å². The van der Waals surface area contributed by atoms with E-state index < -0.39 is 5.60 Å². The van der Waals surface area contributed by atoms with Crippen LogP contribution in [0.4, 0.5) is 0 Å². The molecule has 0 bridgehead atoms. The number of piperidine rings is 1. The molecule has 29 heavy (non-hydrogen) atoms. The summed E-state index contributed by atoms with van der Waals surface area (Å²) in [5.74, 6) is 1.75. The number of likely N-dealkylation sites (tertiary alicyclic amines) is 1. The molecule has 1 aliphatic carbocycles. The van der Waals surface area contributed by atoms with E-state index in [0.717, 1.165) is 36.9 Å². The summed E-state index contributed by atoms with van der Waals surface area (Å²) in [6.45, 7) is 19.5. The molecular formula is C25H49N3O. The lowest BCUT2D eigenvalue weighted by molar-refractivity contribution is -0.0430. The highest BCUT2D eigenvalue weighted by Gasteiger charge is 2.39. The first-order chi connectivity index (χ1) is 13.6. The van der Waals surface area contributed by atoms with E-state index in [-0.39, 0.29) is 0 Å². The van der Waals surface area contributed by atoms with Gasteiger partial charge in [0, 0.05) is 43.8 Å². The Morgan fingerprint density at radius 1 is 0.828 bits per heavy atom. The number of hydrogen-bond donors (Lipinski definition) is 1. The van der Waals surface area contributed by atoms with Gasteiger partial charge in [0.05, 0.1) is 5.60 Å². The SMILES string of the molecule is CC(C)C1CCC(N2CCN(C3CCN(C(C)C)CC3)C[C@@H]2CC(C)(C)O)CC1. The molecule has 2 heterocycles. The van der Waals surface area contributed by atoms with Gasteiger partial charge in [-0.15, -0.1) is 0 Å². The second-order valence-electron chi connectivity index (χ2n) is 11.6. The van der Waals surface area contributed by atoms with E-state index in [0.29, 0.717) is 12.1 Å². The average Bonchev–Trinajstić information content (AvgIpc) is 2.67. The molecule has 0 aromatic heterocycles. The molecule has 1 atom stereocenters. The molecular weight excluding hydrogens is 358 g/mol. The molecule has 2 aliphatic heterocycles. The van der Waals surface area contributed by atoms with Crippen molar-refractivity contribution >= 4 is 0 Å². The molecule has 0 aromatic carbocycles. The topological polar surface area (TPSA) is 30.0 Å². The second-order valence-corrected chi connectivity index (χ2v) is 11.6. The van der Waals surface area contributed by atoms with Gasteiger partial charge in [-0.25, -0.2) is 0 Å². The van der Waals surface area contributed by atoms with Crippen LogP contribution < -0.4 is 0 Å². The maximum Gasteiger partial charge on any atom is 0.0607 e. The minimum absolute atomic E-state index is 0.507. The van der Waals surface area contributed by atoms with Gasteiger partial charge in [-0.3, -0.25) is 9.80 Å². The van der Waals surface area contributed by atoms with E-state index in [1.165, 1.54) is 64.7 Å². The van der Waals surface area contributed by atoms with Crippen LogP contribution in [-0.2, 0) is 0 Å². The van der Waals surface area contributed by atoms with Gasteiger partial charge in [0.15, 0.2) is 0 Å². The Balaban J connectivity index is 1.60. The Labute approximate surface area is 181 Å². The molecule has 1 saturated carbocycles. The molecule has 2 saturated heterocycles. The molecule has 0 spiro atoms. The monoisotopic (exact) mass is 407 g/mol. The first-order valence-electron chi connectivity index (χ1n) is 12.6. The lowest BCUT2D eigenvalue weighted by Gasteiger charge is -2.51. The van der Waals surface area contributed by atoms with Gasteiger partial charge in [0.25, 0.3) is 0 Å². The first kappa shape index (κ1) is 23.5. The highest BCUT2D eigenvalue weighted by atomic mass is 16.3. The second kappa shape index (κ2) is 9.97. The number of hydrogen-bond acceptors (Lipinski definition) is 4. The molecule has 0 radical (unpaired) electrons. The molecule has 0 unspecified atom stereocenters. The van der Waals surface area contributed by atoms with Crippen molar-refractivity contribution in [3.8, 4) is 0 Å². The highest BCUT2D eigenvalue weighted by Crippen LogP contribution is 2.35. The number of aliphatic hydroxyl groups is 1. The fourth-order valence-electron chi connectivity index (χ4n) is 6.33. The molecule has 0 amide bonds. The van der Waals surface area contributed by atoms with Crippen LogP contribution in [0.3, 0.4) is 0 Å². The highest BCUT2D eigenvalue weighted by molar-refractivity contribution is 4.94. The molecule has 0 aromatic rings. The van der Waals surface area contributed by atoms with Crippen LogP contribution >= 0.6 is 0 Å². The summed E-state index contributed by atoms with van der Waals surface area (Å²) in [5.41, 5.74) is -0.581. The zero-order valence-electron chi connectivity index (χ0n) is 20.2. The van der Waals surface area contributed by atoms with Gasteiger partial charge in [-0.2, -0.15) is 0 Å². The van der Waals surface area contributed by atoms with Crippen molar-refractivity contribution in [2.45, 2.75) is 116 Å². The number of rotatable bonds is 6. The lowest BCUT2D eigenvalue weighted by atomic mass is 9.78. The minimum atomic E-state index is -0.581. The van der Waals surface area contributed by atoms with Gasteiger partial charge in [0.2, 0.25) is 0 Å². The van der Waals surface area contributed by atoms with Gasteiger partial charge >= 0.3 is 0 Å². The maximum absolute atomic E-state index is 10.6. The number of nitrogens with zero attached hydrogens (tertiary/aromatic N) is 3. The van der Waals surface area contributed by atoms with Crippen LogP contribution in [0.1, 0.15) is 86.5 Å². The normalized spacial score (nSPS) is 32.4. The van der Waals surface area contributed by atoms with Crippen LogP contribution in [0.5, 0.6) is 0 Å². The van der Waals surface area contributed by atoms with Crippen molar-refractivity contribution in [1.82, 2.24) is 14.7 Å². The molecule has 4 heteroatoms. The van der Waals surface area contributed by atoms with Gasteiger partial charge in [-0.05, 0) is 97.6 Å². The summed E-state index contributed by atoms with van der Waals surface area (Å²) in [6, 6.07) is 2.67. The van der Waals surface area contributed by atoms with Crippen LogP contribution in [-0.4, -0.2) is 82.3 Å². The van der Waals surface area contributed by atoms with Crippen LogP contribution in [0.2, 0.25) is 0 Å².